The van der Waals surface area contributed by atoms with Gasteiger partial charge in [0.05, 0.1) is 7.11 Å². The molecule has 0 saturated carbocycles. The number of hydrogen-bond acceptors (Lipinski definition) is 2. The topological polar surface area (TPSA) is 38.3 Å². The second kappa shape index (κ2) is 7.10. The van der Waals surface area contributed by atoms with E-state index in [1.54, 1.807) is 7.11 Å². The Morgan fingerprint density at radius 2 is 2.00 bits per heavy atom. The molecule has 104 valence electrons. The fourth-order valence-electron chi connectivity index (χ4n) is 1.95. The number of hydrogen-bond donors (Lipinski definition) is 1. The molecule has 0 unspecified atom stereocenters. The van der Waals surface area contributed by atoms with Crippen molar-refractivity contribution in [2.45, 2.75) is 12.8 Å². The first-order valence-corrected chi connectivity index (χ1v) is 7.15. The van der Waals surface area contributed by atoms with Crippen LogP contribution >= 0.6 is 15.9 Å². The number of amides is 1. The zero-order chi connectivity index (χ0) is 14.4. The third-order valence-corrected chi connectivity index (χ3v) is 3.42. The summed E-state index contributed by atoms with van der Waals surface area (Å²) in [4.78, 5) is 11.9. The van der Waals surface area contributed by atoms with Gasteiger partial charge in [-0.15, -0.1) is 0 Å². The van der Waals surface area contributed by atoms with Crippen LogP contribution in [0.15, 0.2) is 53.0 Å². The number of methoxy groups -OCH3 is 1. The Bertz CT molecular complexity index is 599. The van der Waals surface area contributed by atoms with Gasteiger partial charge in [0.1, 0.15) is 5.75 Å². The molecule has 1 amide bonds. The molecular weight excluding hydrogens is 318 g/mol. The number of benzene rings is 2. The number of ether oxygens (including phenoxy) is 1. The van der Waals surface area contributed by atoms with Gasteiger partial charge in [-0.25, -0.2) is 0 Å². The highest BCUT2D eigenvalue weighted by atomic mass is 79.9. The molecule has 3 nitrogen and oxygen atoms in total. The standard InChI is InChI=1S/C16H16BrNO2/c1-20-15-8-3-2-5-12(15)9-10-16(19)18-14-7-4-6-13(17)11-14/h2-8,11H,9-10H2,1H3,(H,18,19). The molecule has 0 heterocycles. The zero-order valence-corrected chi connectivity index (χ0v) is 12.8. The van der Waals surface area contributed by atoms with Crippen LogP contribution < -0.4 is 10.1 Å². The van der Waals surface area contributed by atoms with Gasteiger partial charge in [-0.3, -0.25) is 4.79 Å². The average Bonchev–Trinajstić information content (AvgIpc) is 2.45. The third kappa shape index (κ3) is 4.10. The Balaban J connectivity index is 1.92. The van der Waals surface area contributed by atoms with Crippen molar-refractivity contribution in [3.8, 4) is 5.75 Å². The number of carbonyl (C=O) groups is 1. The second-order valence-corrected chi connectivity index (χ2v) is 5.29. The van der Waals surface area contributed by atoms with Crippen molar-refractivity contribution >= 4 is 27.5 Å². The summed E-state index contributed by atoms with van der Waals surface area (Å²) < 4.78 is 6.22. The lowest BCUT2D eigenvalue weighted by atomic mass is 10.1. The molecule has 2 rings (SSSR count). The molecule has 0 fully saturated rings. The fraction of sp³-hybridized carbons (Fsp3) is 0.188. The van der Waals surface area contributed by atoms with Gasteiger partial charge in [0.15, 0.2) is 0 Å². The van der Waals surface area contributed by atoms with Crippen LogP contribution in [-0.4, -0.2) is 13.0 Å². The van der Waals surface area contributed by atoms with Crippen LogP contribution in [0.3, 0.4) is 0 Å². The molecule has 0 radical (unpaired) electrons. The van der Waals surface area contributed by atoms with E-state index >= 15 is 0 Å². The van der Waals surface area contributed by atoms with Crippen molar-refractivity contribution in [2.24, 2.45) is 0 Å². The SMILES string of the molecule is COc1ccccc1CCC(=O)Nc1cccc(Br)c1. The maximum atomic E-state index is 11.9. The molecule has 4 heteroatoms. The van der Waals surface area contributed by atoms with Crippen molar-refractivity contribution < 1.29 is 9.53 Å². The second-order valence-electron chi connectivity index (χ2n) is 4.37. The van der Waals surface area contributed by atoms with E-state index in [0.717, 1.165) is 21.5 Å². The summed E-state index contributed by atoms with van der Waals surface area (Å²) in [6, 6.07) is 15.3. The van der Waals surface area contributed by atoms with Crippen molar-refractivity contribution in [1.82, 2.24) is 0 Å². The van der Waals surface area contributed by atoms with E-state index in [-0.39, 0.29) is 5.91 Å². The Morgan fingerprint density at radius 3 is 2.75 bits per heavy atom. The molecule has 0 atom stereocenters. The molecule has 0 aliphatic heterocycles. The monoisotopic (exact) mass is 333 g/mol. The van der Waals surface area contributed by atoms with E-state index in [0.29, 0.717) is 12.8 Å². The van der Waals surface area contributed by atoms with Crippen LogP contribution in [0.4, 0.5) is 5.69 Å². The van der Waals surface area contributed by atoms with Gasteiger partial charge in [-0.05, 0) is 36.2 Å². The molecule has 20 heavy (non-hydrogen) atoms. The Labute approximate surface area is 127 Å². The minimum Gasteiger partial charge on any atom is -0.496 e. The minimum absolute atomic E-state index is 0.00555. The predicted molar refractivity (Wildman–Crippen MR) is 84.1 cm³/mol. The maximum absolute atomic E-state index is 11.9. The molecule has 0 bridgehead atoms. The average molecular weight is 334 g/mol. The first-order chi connectivity index (χ1) is 9.69. The lowest BCUT2D eigenvalue weighted by Gasteiger charge is -2.08. The first kappa shape index (κ1) is 14.6. The third-order valence-electron chi connectivity index (χ3n) is 2.92. The van der Waals surface area contributed by atoms with Crippen LogP contribution in [0.5, 0.6) is 5.75 Å². The molecule has 0 aromatic heterocycles. The van der Waals surface area contributed by atoms with Gasteiger partial charge < -0.3 is 10.1 Å². The summed E-state index contributed by atoms with van der Waals surface area (Å²) in [5, 5.41) is 2.88. The van der Waals surface area contributed by atoms with E-state index < -0.39 is 0 Å². The summed E-state index contributed by atoms with van der Waals surface area (Å²) in [6.07, 6.45) is 1.08. The minimum atomic E-state index is -0.00555. The van der Waals surface area contributed by atoms with Crippen molar-refractivity contribution in [2.75, 3.05) is 12.4 Å². The highest BCUT2D eigenvalue weighted by Crippen LogP contribution is 2.20. The van der Waals surface area contributed by atoms with E-state index in [1.165, 1.54) is 0 Å². The van der Waals surface area contributed by atoms with E-state index in [2.05, 4.69) is 21.2 Å². The molecule has 0 aliphatic carbocycles. The largest absolute Gasteiger partial charge is 0.496 e. The quantitative estimate of drug-likeness (QED) is 0.897. The van der Waals surface area contributed by atoms with Gasteiger partial charge in [0.25, 0.3) is 0 Å². The van der Waals surface area contributed by atoms with Crippen LogP contribution in [-0.2, 0) is 11.2 Å². The molecule has 0 spiro atoms. The lowest BCUT2D eigenvalue weighted by molar-refractivity contribution is -0.116. The normalized spacial score (nSPS) is 10.1. The molecular formula is C16H16BrNO2. The summed E-state index contributed by atoms with van der Waals surface area (Å²) >= 11 is 3.38. The number of halogens is 1. The Kier molecular flexibility index (Phi) is 5.18. The van der Waals surface area contributed by atoms with Gasteiger partial charge in [0, 0.05) is 16.6 Å². The molecule has 0 saturated heterocycles. The molecule has 0 aliphatic rings. The van der Waals surface area contributed by atoms with Crippen LogP contribution in [0.25, 0.3) is 0 Å². The molecule has 2 aromatic carbocycles. The smallest absolute Gasteiger partial charge is 0.224 e. The van der Waals surface area contributed by atoms with E-state index in [1.807, 2.05) is 48.5 Å². The summed E-state index contributed by atoms with van der Waals surface area (Å²) in [7, 11) is 1.64. The van der Waals surface area contributed by atoms with E-state index in [9.17, 15) is 4.79 Å². The Morgan fingerprint density at radius 1 is 1.20 bits per heavy atom. The number of aryl methyl sites for hydroxylation is 1. The van der Waals surface area contributed by atoms with Gasteiger partial charge in [-0.1, -0.05) is 40.2 Å². The lowest BCUT2D eigenvalue weighted by Crippen LogP contribution is -2.12. The molecule has 2 aromatic rings. The highest BCUT2D eigenvalue weighted by molar-refractivity contribution is 9.10. The van der Waals surface area contributed by atoms with E-state index in [4.69, 9.17) is 4.74 Å². The number of anilines is 1. The first-order valence-electron chi connectivity index (χ1n) is 6.36. The van der Waals surface area contributed by atoms with Crippen LogP contribution in [0.1, 0.15) is 12.0 Å². The van der Waals surface area contributed by atoms with Crippen LogP contribution in [0.2, 0.25) is 0 Å². The Hall–Kier alpha value is -1.81. The van der Waals surface area contributed by atoms with Crippen molar-refractivity contribution in [1.29, 1.82) is 0 Å². The predicted octanol–water partition coefficient (Wildman–Crippen LogP) is 4.03. The van der Waals surface area contributed by atoms with Gasteiger partial charge in [0.2, 0.25) is 5.91 Å². The van der Waals surface area contributed by atoms with Crippen molar-refractivity contribution in [3.05, 3.63) is 58.6 Å². The van der Waals surface area contributed by atoms with Crippen LogP contribution in [0, 0.1) is 0 Å². The highest BCUT2D eigenvalue weighted by Gasteiger charge is 2.06. The number of nitrogens with one attached hydrogen (secondary N) is 1. The number of carbonyl (C=O) groups excluding carboxylic acids is 1. The summed E-state index contributed by atoms with van der Waals surface area (Å²) in [5.41, 5.74) is 1.84. The van der Waals surface area contributed by atoms with Crippen molar-refractivity contribution in [3.63, 3.8) is 0 Å². The summed E-state index contributed by atoms with van der Waals surface area (Å²) in [5.74, 6) is 0.816. The fourth-order valence-corrected chi connectivity index (χ4v) is 2.35. The summed E-state index contributed by atoms with van der Waals surface area (Å²) in [6.45, 7) is 0. The maximum Gasteiger partial charge on any atom is 0.224 e. The number of rotatable bonds is 5. The van der Waals surface area contributed by atoms with Gasteiger partial charge >= 0.3 is 0 Å². The molecule has 1 N–H and O–H groups in total. The number of para-hydroxylation sites is 1. The zero-order valence-electron chi connectivity index (χ0n) is 11.2. The van der Waals surface area contributed by atoms with Gasteiger partial charge in [-0.2, -0.15) is 0 Å².